The summed E-state index contributed by atoms with van der Waals surface area (Å²) < 4.78 is 89.3. The Bertz CT molecular complexity index is 1490. The van der Waals surface area contributed by atoms with Crippen LogP contribution in [0.2, 0.25) is 0 Å². The lowest BCUT2D eigenvalue weighted by atomic mass is 9.86. The van der Waals surface area contributed by atoms with Crippen molar-refractivity contribution in [3.05, 3.63) is 95.6 Å². The summed E-state index contributed by atoms with van der Waals surface area (Å²) in [7, 11) is -2.92. The van der Waals surface area contributed by atoms with E-state index in [1.165, 1.54) is 0 Å². The van der Waals surface area contributed by atoms with Gasteiger partial charge in [0.1, 0.15) is 11.6 Å². The molecule has 0 aliphatic carbocycles. The second kappa shape index (κ2) is 15.1. The Morgan fingerprint density at radius 2 is 1.16 bits per heavy atom. The number of nitrogens with one attached hydrogen (secondary N) is 2. The van der Waals surface area contributed by atoms with Gasteiger partial charge in [-0.05, 0) is 80.1 Å². The third-order valence-corrected chi connectivity index (χ3v) is 12.5. The number of benzene rings is 3. The predicted molar refractivity (Wildman–Crippen MR) is 183 cm³/mol. The monoisotopic (exact) mass is 711 g/mol. The molecule has 0 aliphatic heterocycles. The highest BCUT2D eigenvalue weighted by Gasteiger charge is 2.48. The molecule has 0 aromatic heterocycles. The van der Waals surface area contributed by atoms with Gasteiger partial charge in [-0.15, -0.1) is 0 Å². The van der Waals surface area contributed by atoms with E-state index in [1.54, 1.807) is 77.9 Å². The first kappa shape index (κ1) is 39.8. The highest BCUT2D eigenvalue weighted by atomic mass is 31.2. The fourth-order valence-electron chi connectivity index (χ4n) is 5.58. The first-order chi connectivity index (χ1) is 22.4. The Labute approximate surface area is 285 Å². The third-order valence-electron chi connectivity index (χ3n) is 8.03. The number of alkyl carbamates (subject to hydrolysis) is 1. The van der Waals surface area contributed by atoms with Gasteiger partial charge in [0, 0.05) is 0 Å². The summed E-state index contributed by atoms with van der Waals surface area (Å²) in [5.41, 5.74) is -4.44. The van der Waals surface area contributed by atoms with Crippen molar-refractivity contribution in [2.24, 2.45) is 11.3 Å². The molecule has 12 heteroatoms. The van der Waals surface area contributed by atoms with E-state index in [1.807, 2.05) is 38.1 Å². The molecule has 2 amide bonds. The molecule has 3 aromatic carbocycles. The van der Waals surface area contributed by atoms with Gasteiger partial charge < -0.3 is 15.4 Å². The van der Waals surface area contributed by atoms with Gasteiger partial charge in [-0.1, -0.05) is 71.0 Å². The summed E-state index contributed by atoms with van der Waals surface area (Å²) >= 11 is 0. The molecule has 3 rings (SSSR count). The van der Waals surface area contributed by atoms with E-state index in [2.05, 4.69) is 10.6 Å². The van der Waals surface area contributed by atoms with Gasteiger partial charge in [-0.2, -0.15) is 26.3 Å². The van der Waals surface area contributed by atoms with Crippen molar-refractivity contribution < 1.29 is 40.7 Å². The minimum atomic E-state index is -5.01. The van der Waals surface area contributed by atoms with Crippen LogP contribution in [-0.4, -0.2) is 35.8 Å². The van der Waals surface area contributed by atoms with E-state index < -0.39 is 65.8 Å². The van der Waals surface area contributed by atoms with Gasteiger partial charge >= 0.3 is 18.4 Å². The fraction of sp³-hybridized carbons (Fsp3) is 0.459. The van der Waals surface area contributed by atoms with Crippen molar-refractivity contribution in [2.45, 2.75) is 91.6 Å². The molecule has 0 radical (unpaired) electrons. The molecule has 0 heterocycles. The van der Waals surface area contributed by atoms with E-state index in [-0.39, 0.29) is 29.9 Å². The zero-order valence-corrected chi connectivity index (χ0v) is 30.0. The van der Waals surface area contributed by atoms with Gasteiger partial charge in [-0.3, -0.25) is 4.79 Å². The zero-order chi connectivity index (χ0) is 37.0. The number of alkyl halides is 6. The lowest BCUT2D eigenvalue weighted by Crippen LogP contribution is -2.57. The second-order valence-electron chi connectivity index (χ2n) is 14.7. The van der Waals surface area contributed by atoms with Crippen LogP contribution >= 0.6 is 7.26 Å². The molecule has 0 bridgehead atoms. The number of hydrogen-bond acceptors (Lipinski definition) is 3. The van der Waals surface area contributed by atoms with Crippen molar-refractivity contribution >= 4 is 29.9 Å². The number of hydrogen-bond donors (Lipinski definition) is 2. The van der Waals surface area contributed by atoms with Crippen LogP contribution in [0.1, 0.15) is 72.1 Å². The second-order valence-corrected chi connectivity index (χ2v) is 18.3. The molecular weight excluding hydrogens is 665 g/mol. The van der Waals surface area contributed by atoms with Gasteiger partial charge in [-0.25, -0.2) is 4.79 Å². The van der Waals surface area contributed by atoms with Crippen molar-refractivity contribution in [3.8, 4) is 0 Å². The standard InChI is InChI=1S/C37H45F6N2O3P/c1-24(2)30(44-32(46)31(34(3,4)5)45-33(47)48-35(6,7)8)23-49(28-15-11-9-12-16-28,29-17-13-10-14-18-29)22-25-19-26(36(38,39)40)21-27(20-25)37(41,42)43/h9-21,24,30-31H,22-23H2,1-8H3,(H-,44,45,46,47)/p+1/t30-,31-/m1/s1. The van der Waals surface area contributed by atoms with Crippen LogP contribution in [0.4, 0.5) is 31.1 Å². The minimum absolute atomic E-state index is 0.115. The SMILES string of the molecule is CC(C)[C@@H](C[P+](Cc1cc(C(F)(F)F)cc(C(F)(F)F)c1)(c1ccccc1)c1ccccc1)NC(=O)[C@@H](NC(=O)OC(C)(C)C)C(C)(C)C. The number of rotatable bonds is 10. The Hall–Kier alpha value is -3.59. The highest BCUT2D eigenvalue weighted by molar-refractivity contribution is 7.88. The molecule has 0 saturated carbocycles. The van der Waals surface area contributed by atoms with Crippen LogP contribution in [0, 0.1) is 11.3 Å². The van der Waals surface area contributed by atoms with Gasteiger partial charge in [0.2, 0.25) is 5.91 Å². The van der Waals surface area contributed by atoms with Gasteiger partial charge in [0.25, 0.3) is 0 Å². The van der Waals surface area contributed by atoms with E-state index in [0.29, 0.717) is 0 Å². The Kier molecular flexibility index (Phi) is 12.3. The lowest BCUT2D eigenvalue weighted by Gasteiger charge is -2.36. The number of ether oxygens (including phenoxy) is 1. The Morgan fingerprint density at radius 3 is 1.53 bits per heavy atom. The summed E-state index contributed by atoms with van der Waals surface area (Å²) in [5, 5.41) is 7.30. The minimum Gasteiger partial charge on any atom is -0.444 e. The van der Waals surface area contributed by atoms with Crippen molar-refractivity contribution in [3.63, 3.8) is 0 Å². The molecule has 268 valence electrons. The first-order valence-electron chi connectivity index (χ1n) is 16.0. The van der Waals surface area contributed by atoms with Gasteiger partial charge in [0.15, 0.2) is 0 Å². The smallest absolute Gasteiger partial charge is 0.416 e. The molecule has 0 spiro atoms. The summed E-state index contributed by atoms with van der Waals surface area (Å²) in [6, 6.07) is 18.1. The van der Waals surface area contributed by atoms with Gasteiger partial charge in [0.05, 0.1) is 47.4 Å². The third kappa shape index (κ3) is 10.9. The first-order valence-corrected chi connectivity index (χ1v) is 18.1. The van der Waals surface area contributed by atoms with E-state index in [4.69, 9.17) is 4.74 Å². The van der Waals surface area contributed by atoms with E-state index in [0.717, 1.165) is 22.7 Å². The largest absolute Gasteiger partial charge is 0.444 e. The molecule has 3 aromatic rings. The Balaban J connectivity index is 2.21. The molecule has 49 heavy (non-hydrogen) atoms. The topological polar surface area (TPSA) is 67.4 Å². The maximum Gasteiger partial charge on any atom is 0.416 e. The molecule has 0 fully saturated rings. The Morgan fingerprint density at radius 1 is 0.714 bits per heavy atom. The van der Waals surface area contributed by atoms with Crippen molar-refractivity contribution in [1.29, 1.82) is 0 Å². The lowest BCUT2D eigenvalue weighted by molar-refractivity contribution is -0.143. The zero-order valence-electron chi connectivity index (χ0n) is 29.1. The van der Waals surface area contributed by atoms with E-state index >= 15 is 0 Å². The predicted octanol–water partition coefficient (Wildman–Crippen LogP) is 8.97. The maximum atomic E-state index is 14.0. The molecule has 0 aliphatic rings. The normalized spacial score (nSPS) is 14.3. The fourth-order valence-corrected chi connectivity index (χ4v) is 10.3. The summed E-state index contributed by atoms with van der Waals surface area (Å²) in [4.78, 5) is 26.8. The van der Waals surface area contributed by atoms with Crippen molar-refractivity contribution in [2.75, 3.05) is 6.16 Å². The summed E-state index contributed by atoms with van der Waals surface area (Å²) in [6.07, 6.45) is -10.7. The average molecular weight is 712 g/mol. The van der Waals surface area contributed by atoms with Crippen LogP contribution < -0.4 is 21.2 Å². The number of carbonyl (C=O) groups is 2. The molecule has 0 unspecified atom stereocenters. The van der Waals surface area contributed by atoms with Crippen LogP contribution in [-0.2, 0) is 28.0 Å². The van der Waals surface area contributed by atoms with Crippen LogP contribution in [0.3, 0.4) is 0 Å². The number of carbonyl (C=O) groups excluding carboxylic acids is 2. The quantitative estimate of drug-likeness (QED) is 0.163. The maximum absolute atomic E-state index is 14.0. The number of halogens is 6. The summed E-state index contributed by atoms with van der Waals surface area (Å²) in [5.74, 6) is -0.708. The van der Waals surface area contributed by atoms with E-state index in [9.17, 15) is 35.9 Å². The molecule has 2 atom stereocenters. The molecular formula is C37H46F6N2O3P+. The summed E-state index contributed by atoms with van der Waals surface area (Å²) in [6.45, 7) is 14.2. The van der Waals surface area contributed by atoms with Crippen molar-refractivity contribution in [1.82, 2.24) is 10.6 Å². The number of amides is 2. The van der Waals surface area contributed by atoms with Crippen LogP contribution in [0.15, 0.2) is 78.9 Å². The molecule has 0 saturated heterocycles. The van der Waals surface area contributed by atoms with Crippen LogP contribution in [0.25, 0.3) is 0 Å². The van der Waals surface area contributed by atoms with Crippen LogP contribution in [0.5, 0.6) is 0 Å². The highest BCUT2D eigenvalue weighted by Crippen LogP contribution is 2.60. The molecule has 5 nitrogen and oxygen atoms in total. The molecule has 2 N–H and O–H groups in total. The average Bonchev–Trinajstić information content (AvgIpc) is 2.97.